The number of rotatable bonds is 0. The Bertz CT molecular complexity index is 583. The number of pyridine rings is 1. The largest absolute Gasteiger partial charge is 0.481 e. The molecule has 0 saturated heterocycles. The molecule has 0 unspecified atom stereocenters. The van der Waals surface area contributed by atoms with Crippen LogP contribution in [0.5, 0.6) is 0 Å². The second-order valence-electron chi connectivity index (χ2n) is 3.89. The van der Waals surface area contributed by atoms with Crippen molar-refractivity contribution in [1.82, 2.24) is 4.98 Å². The summed E-state index contributed by atoms with van der Waals surface area (Å²) in [7, 11) is 0. The highest BCUT2D eigenvalue weighted by molar-refractivity contribution is 5.92. The number of aromatic nitrogens is 1. The highest BCUT2D eigenvalue weighted by Crippen LogP contribution is 2.18. The van der Waals surface area contributed by atoms with Crippen molar-refractivity contribution in [1.29, 1.82) is 0 Å². The van der Waals surface area contributed by atoms with E-state index in [1.165, 1.54) is 10.8 Å². The molecule has 0 amide bonds. The summed E-state index contributed by atoms with van der Waals surface area (Å²) in [4.78, 5) is 13.6. The van der Waals surface area contributed by atoms with E-state index in [1.54, 1.807) is 0 Å². The van der Waals surface area contributed by atoms with Crippen LogP contribution in [0.3, 0.4) is 0 Å². The first-order chi connectivity index (χ1) is 8.66. The van der Waals surface area contributed by atoms with E-state index in [9.17, 15) is 0 Å². The Kier molecular flexibility index (Phi) is 3.53. The molecule has 1 aromatic heterocycles. The van der Waals surface area contributed by atoms with E-state index in [4.69, 9.17) is 9.90 Å². The Morgan fingerprint density at radius 2 is 1.33 bits per heavy atom. The van der Waals surface area contributed by atoms with Gasteiger partial charge >= 0.3 is 0 Å². The molecule has 0 aliphatic heterocycles. The van der Waals surface area contributed by atoms with E-state index in [0.717, 1.165) is 18.0 Å². The van der Waals surface area contributed by atoms with Gasteiger partial charge in [0.05, 0.1) is 11.0 Å². The van der Waals surface area contributed by atoms with Crippen molar-refractivity contribution in [3.63, 3.8) is 0 Å². The average Bonchev–Trinajstić information content (AvgIpc) is 2.35. The number of carboxylic acids is 1. The number of nitrogens with zero attached hydrogens (tertiary/aromatic N) is 1. The lowest BCUT2D eigenvalue weighted by molar-refractivity contribution is -0.134. The van der Waals surface area contributed by atoms with Crippen LogP contribution in [0.25, 0.3) is 21.8 Å². The van der Waals surface area contributed by atoms with E-state index >= 15 is 0 Å². The molecule has 0 saturated carbocycles. The summed E-state index contributed by atoms with van der Waals surface area (Å²) < 4.78 is 0. The maximum atomic E-state index is 9.00. The van der Waals surface area contributed by atoms with Crippen molar-refractivity contribution in [2.75, 3.05) is 0 Å². The third-order valence-corrected chi connectivity index (χ3v) is 2.43. The molecular weight excluding hydrogens is 226 g/mol. The van der Waals surface area contributed by atoms with Gasteiger partial charge in [0.2, 0.25) is 0 Å². The fourth-order valence-electron chi connectivity index (χ4n) is 1.72. The average molecular weight is 239 g/mol. The Morgan fingerprint density at radius 3 is 1.78 bits per heavy atom. The number of benzene rings is 2. The number of hydrogen-bond acceptors (Lipinski definition) is 2. The van der Waals surface area contributed by atoms with Crippen LogP contribution in [0.4, 0.5) is 0 Å². The molecular formula is C15H13NO2. The smallest absolute Gasteiger partial charge is 0.300 e. The third-order valence-electron chi connectivity index (χ3n) is 2.43. The quantitative estimate of drug-likeness (QED) is 0.611. The Morgan fingerprint density at radius 1 is 0.944 bits per heavy atom. The molecule has 3 aromatic rings. The highest BCUT2D eigenvalue weighted by atomic mass is 16.4. The summed E-state index contributed by atoms with van der Waals surface area (Å²) in [6, 6.07) is 18.6. The zero-order valence-corrected chi connectivity index (χ0v) is 10.00. The fourth-order valence-corrected chi connectivity index (χ4v) is 1.72. The van der Waals surface area contributed by atoms with Crippen LogP contribution >= 0.6 is 0 Å². The van der Waals surface area contributed by atoms with Crippen LogP contribution in [-0.4, -0.2) is 16.1 Å². The number of carboxylic acid groups (broad SMARTS) is 1. The van der Waals surface area contributed by atoms with Crippen LogP contribution < -0.4 is 0 Å². The Balaban J connectivity index is 0.000000267. The Labute approximate surface area is 105 Å². The van der Waals surface area contributed by atoms with Gasteiger partial charge in [-0.1, -0.05) is 36.4 Å². The number of fused-ring (bicyclic) bond motifs is 2. The maximum Gasteiger partial charge on any atom is 0.300 e. The minimum Gasteiger partial charge on any atom is -0.481 e. The van der Waals surface area contributed by atoms with Gasteiger partial charge < -0.3 is 5.11 Å². The molecule has 2 aromatic carbocycles. The molecule has 0 atom stereocenters. The molecule has 0 spiro atoms. The van der Waals surface area contributed by atoms with Crippen LogP contribution in [-0.2, 0) is 4.79 Å². The van der Waals surface area contributed by atoms with E-state index in [-0.39, 0.29) is 0 Å². The SMILES string of the molecule is CC(=O)O.c1ccc2nc3ccccc3cc2c1. The van der Waals surface area contributed by atoms with Gasteiger partial charge in [0.15, 0.2) is 0 Å². The standard InChI is InChI=1S/C13H9N.C2H4O2/c1-3-7-12-10(5-1)9-11-6-2-4-8-13(11)14-12;1-2(3)4/h1-9H;1H3,(H,3,4). The van der Waals surface area contributed by atoms with Gasteiger partial charge in [-0.05, 0) is 18.2 Å². The third kappa shape index (κ3) is 2.83. The predicted molar refractivity (Wildman–Crippen MR) is 72.6 cm³/mol. The molecule has 0 aliphatic carbocycles. The minimum absolute atomic E-state index is 0.833. The summed E-state index contributed by atoms with van der Waals surface area (Å²) in [5.74, 6) is -0.833. The van der Waals surface area contributed by atoms with E-state index in [1.807, 2.05) is 36.4 Å². The second-order valence-corrected chi connectivity index (χ2v) is 3.89. The molecule has 3 rings (SSSR count). The van der Waals surface area contributed by atoms with Gasteiger partial charge in [0.1, 0.15) is 0 Å². The van der Waals surface area contributed by atoms with Crippen molar-refractivity contribution in [2.24, 2.45) is 0 Å². The Hall–Kier alpha value is -2.42. The molecule has 0 fully saturated rings. The van der Waals surface area contributed by atoms with E-state index < -0.39 is 5.97 Å². The first-order valence-corrected chi connectivity index (χ1v) is 5.61. The second kappa shape index (κ2) is 5.27. The number of hydrogen-bond donors (Lipinski definition) is 1. The van der Waals surface area contributed by atoms with Crippen molar-refractivity contribution in [3.8, 4) is 0 Å². The lowest BCUT2D eigenvalue weighted by atomic mass is 10.1. The van der Waals surface area contributed by atoms with Gasteiger partial charge in [0, 0.05) is 17.7 Å². The number of carbonyl (C=O) groups is 1. The van der Waals surface area contributed by atoms with E-state index in [2.05, 4.69) is 23.2 Å². The molecule has 3 nitrogen and oxygen atoms in total. The van der Waals surface area contributed by atoms with Gasteiger partial charge in [0.25, 0.3) is 5.97 Å². The van der Waals surface area contributed by atoms with Gasteiger partial charge in [-0.15, -0.1) is 0 Å². The number of para-hydroxylation sites is 2. The molecule has 0 bridgehead atoms. The summed E-state index contributed by atoms with van der Waals surface area (Å²) in [6.07, 6.45) is 0. The van der Waals surface area contributed by atoms with Crippen molar-refractivity contribution in [2.45, 2.75) is 6.92 Å². The first kappa shape index (κ1) is 12.0. The normalized spacial score (nSPS) is 9.83. The van der Waals surface area contributed by atoms with Crippen molar-refractivity contribution in [3.05, 3.63) is 54.6 Å². The minimum atomic E-state index is -0.833. The van der Waals surface area contributed by atoms with Crippen LogP contribution in [0, 0.1) is 0 Å². The molecule has 1 heterocycles. The molecule has 1 N–H and O–H groups in total. The van der Waals surface area contributed by atoms with Gasteiger partial charge in [-0.25, -0.2) is 4.98 Å². The molecule has 90 valence electrons. The van der Waals surface area contributed by atoms with Gasteiger partial charge in [-0.2, -0.15) is 0 Å². The van der Waals surface area contributed by atoms with Gasteiger partial charge in [-0.3, -0.25) is 4.79 Å². The molecule has 3 heteroatoms. The maximum absolute atomic E-state index is 9.00. The first-order valence-electron chi connectivity index (χ1n) is 5.61. The van der Waals surface area contributed by atoms with E-state index in [0.29, 0.717) is 0 Å². The summed E-state index contributed by atoms with van der Waals surface area (Å²) in [6.45, 7) is 1.08. The zero-order valence-electron chi connectivity index (χ0n) is 10.00. The van der Waals surface area contributed by atoms with Crippen molar-refractivity contribution < 1.29 is 9.90 Å². The molecule has 18 heavy (non-hydrogen) atoms. The zero-order chi connectivity index (χ0) is 13.0. The van der Waals surface area contributed by atoms with Crippen molar-refractivity contribution >= 4 is 27.8 Å². The predicted octanol–water partition coefficient (Wildman–Crippen LogP) is 3.48. The summed E-state index contributed by atoms with van der Waals surface area (Å²) in [5.41, 5.74) is 2.12. The summed E-state index contributed by atoms with van der Waals surface area (Å²) >= 11 is 0. The van der Waals surface area contributed by atoms with Crippen LogP contribution in [0.1, 0.15) is 6.92 Å². The van der Waals surface area contributed by atoms with Crippen LogP contribution in [0.2, 0.25) is 0 Å². The lowest BCUT2D eigenvalue weighted by Gasteiger charge is -1.99. The topological polar surface area (TPSA) is 50.2 Å². The van der Waals surface area contributed by atoms with Crippen LogP contribution in [0.15, 0.2) is 54.6 Å². The molecule has 0 aliphatic rings. The highest BCUT2D eigenvalue weighted by Gasteiger charge is 1.96. The number of aliphatic carboxylic acids is 1. The lowest BCUT2D eigenvalue weighted by Crippen LogP contribution is -1.80. The summed E-state index contributed by atoms with van der Waals surface area (Å²) in [5, 5.41) is 9.82. The monoisotopic (exact) mass is 239 g/mol. The molecule has 0 radical (unpaired) electrons. The fraction of sp³-hybridized carbons (Fsp3) is 0.0667.